The number of aromatic nitrogens is 4. The van der Waals surface area contributed by atoms with Gasteiger partial charge in [0.1, 0.15) is 25.1 Å². The number of amides is 1. The maximum Gasteiger partial charge on any atom is 0.267 e. The number of phenolic OH excluding ortho intramolecular Hbond substituents is 1. The quantitative estimate of drug-likeness (QED) is 0.278. The van der Waals surface area contributed by atoms with Gasteiger partial charge in [-0.1, -0.05) is 12.1 Å². The maximum atomic E-state index is 12.3. The summed E-state index contributed by atoms with van der Waals surface area (Å²) < 4.78 is 3.71. The van der Waals surface area contributed by atoms with Crippen LogP contribution in [-0.2, 0) is 6.54 Å². The Labute approximate surface area is 187 Å². The standard InChI is InChI=1S/C23H27BN6O2/c1-2-29-13-7-9-19(29)23(32)26-12-6-5-11-25-21-14-18(16-8-3-4-10-20(16)31)28-22-17(24)15-27-30(21)22/h3-4,7-10,13-15,25,31H,2,5-6,11-12,24H2,1H3,(H,26,32). The molecular formula is C23H27BN6O2. The summed E-state index contributed by atoms with van der Waals surface area (Å²) in [7, 11) is 1.96. The van der Waals surface area contributed by atoms with Crippen molar-refractivity contribution in [3.8, 4) is 17.0 Å². The number of benzene rings is 1. The Hall–Kier alpha value is -3.75. The lowest BCUT2D eigenvalue weighted by molar-refractivity contribution is 0.0944. The maximum absolute atomic E-state index is 12.3. The van der Waals surface area contributed by atoms with Crippen LogP contribution in [0.3, 0.4) is 0 Å². The number of carbonyl (C=O) groups excluding carboxylic acids is 1. The van der Waals surface area contributed by atoms with Crippen LogP contribution in [0.25, 0.3) is 16.9 Å². The Bertz CT molecular complexity index is 1230. The van der Waals surface area contributed by atoms with E-state index in [1.807, 2.05) is 55.9 Å². The Balaban J connectivity index is 1.37. The van der Waals surface area contributed by atoms with Crippen LogP contribution in [-0.4, -0.2) is 51.1 Å². The van der Waals surface area contributed by atoms with E-state index in [4.69, 9.17) is 4.98 Å². The number of fused-ring (bicyclic) bond motifs is 1. The minimum Gasteiger partial charge on any atom is -0.507 e. The van der Waals surface area contributed by atoms with Gasteiger partial charge in [-0.2, -0.15) is 9.61 Å². The number of hydrogen-bond acceptors (Lipinski definition) is 5. The van der Waals surface area contributed by atoms with Gasteiger partial charge in [0, 0.05) is 43.7 Å². The summed E-state index contributed by atoms with van der Waals surface area (Å²) in [5.74, 6) is 0.962. The number of para-hydroxylation sites is 1. The van der Waals surface area contributed by atoms with Crippen molar-refractivity contribution in [2.45, 2.75) is 26.3 Å². The van der Waals surface area contributed by atoms with E-state index in [-0.39, 0.29) is 11.7 Å². The molecule has 32 heavy (non-hydrogen) atoms. The van der Waals surface area contributed by atoms with Gasteiger partial charge in [0.2, 0.25) is 0 Å². The topological polar surface area (TPSA) is 96.5 Å². The van der Waals surface area contributed by atoms with E-state index in [1.54, 1.807) is 22.8 Å². The van der Waals surface area contributed by atoms with Crippen molar-refractivity contribution >= 4 is 30.7 Å². The van der Waals surface area contributed by atoms with Crippen molar-refractivity contribution in [1.29, 1.82) is 0 Å². The first kappa shape index (κ1) is 21.5. The normalized spacial score (nSPS) is 11.0. The van der Waals surface area contributed by atoms with Crippen LogP contribution in [0, 0.1) is 0 Å². The van der Waals surface area contributed by atoms with E-state index in [9.17, 15) is 9.90 Å². The SMILES string of the molecule is Bc1cnn2c(NCCCCNC(=O)c3cccn3CC)cc(-c3ccccc3O)nc12. The highest BCUT2D eigenvalue weighted by Crippen LogP contribution is 2.29. The van der Waals surface area contributed by atoms with Crippen molar-refractivity contribution in [2.75, 3.05) is 18.4 Å². The minimum absolute atomic E-state index is 0.0417. The molecule has 1 aromatic carbocycles. The van der Waals surface area contributed by atoms with Crippen LogP contribution in [0.5, 0.6) is 5.75 Å². The van der Waals surface area contributed by atoms with Gasteiger partial charge in [-0.3, -0.25) is 4.79 Å². The number of unbranched alkanes of at least 4 members (excludes halogenated alkanes) is 1. The first-order chi connectivity index (χ1) is 15.6. The summed E-state index contributed by atoms with van der Waals surface area (Å²) in [6.07, 6.45) is 5.42. The summed E-state index contributed by atoms with van der Waals surface area (Å²) in [4.78, 5) is 17.0. The summed E-state index contributed by atoms with van der Waals surface area (Å²) in [5, 5.41) is 21.1. The number of nitrogens with zero attached hydrogens (tertiary/aromatic N) is 4. The second-order valence-electron chi connectivity index (χ2n) is 7.68. The van der Waals surface area contributed by atoms with E-state index in [0.29, 0.717) is 23.5 Å². The summed E-state index contributed by atoms with van der Waals surface area (Å²) in [5.41, 5.74) is 3.77. The van der Waals surface area contributed by atoms with E-state index in [0.717, 1.165) is 42.9 Å². The fraction of sp³-hybridized carbons (Fsp3) is 0.261. The van der Waals surface area contributed by atoms with Crippen molar-refractivity contribution in [2.24, 2.45) is 0 Å². The number of aromatic hydroxyl groups is 1. The lowest BCUT2D eigenvalue weighted by atomic mass is 10.0. The molecule has 3 aromatic heterocycles. The van der Waals surface area contributed by atoms with Crippen LogP contribution in [0.15, 0.2) is 54.9 Å². The zero-order valence-electron chi connectivity index (χ0n) is 18.4. The Morgan fingerprint density at radius 3 is 2.78 bits per heavy atom. The molecule has 9 heteroatoms. The van der Waals surface area contributed by atoms with Crippen molar-refractivity contribution < 1.29 is 9.90 Å². The van der Waals surface area contributed by atoms with Gasteiger partial charge in [-0.25, -0.2) is 4.98 Å². The average molecular weight is 430 g/mol. The van der Waals surface area contributed by atoms with E-state index in [2.05, 4.69) is 15.7 Å². The fourth-order valence-electron chi connectivity index (χ4n) is 3.68. The number of hydrogen-bond donors (Lipinski definition) is 3. The van der Waals surface area contributed by atoms with Crippen LogP contribution < -0.4 is 16.1 Å². The van der Waals surface area contributed by atoms with E-state index >= 15 is 0 Å². The monoisotopic (exact) mass is 430 g/mol. The molecule has 4 rings (SSSR count). The molecule has 0 saturated carbocycles. The van der Waals surface area contributed by atoms with Gasteiger partial charge in [-0.05, 0) is 49.5 Å². The molecule has 0 aliphatic carbocycles. The predicted octanol–water partition coefficient (Wildman–Crippen LogP) is 1.80. The highest BCUT2D eigenvalue weighted by molar-refractivity contribution is 6.36. The third-order valence-corrected chi connectivity index (χ3v) is 5.43. The number of phenols is 1. The Kier molecular flexibility index (Phi) is 6.44. The molecule has 0 bridgehead atoms. The highest BCUT2D eigenvalue weighted by atomic mass is 16.3. The second-order valence-corrected chi connectivity index (χ2v) is 7.68. The van der Waals surface area contributed by atoms with Gasteiger partial charge in [0.05, 0.1) is 5.69 Å². The fourth-order valence-corrected chi connectivity index (χ4v) is 3.68. The molecule has 4 aromatic rings. The number of carbonyl (C=O) groups is 1. The van der Waals surface area contributed by atoms with Gasteiger partial charge >= 0.3 is 0 Å². The predicted molar refractivity (Wildman–Crippen MR) is 128 cm³/mol. The molecule has 3 N–H and O–H groups in total. The third kappa shape index (κ3) is 4.46. The molecule has 0 radical (unpaired) electrons. The van der Waals surface area contributed by atoms with Gasteiger partial charge in [0.15, 0.2) is 5.65 Å². The summed E-state index contributed by atoms with van der Waals surface area (Å²) >= 11 is 0. The Morgan fingerprint density at radius 2 is 1.97 bits per heavy atom. The van der Waals surface area contributed by atoms with Gasteiger partial charge < -0.3 is 20.3 Å². The van der Waals surface area contributed by atoms with Gasteiger partial charge in [-0.15, -0.1) is 0 Å². The molecule has 0 aliphatic heterocycles. The molecule has 3 heterocycles. The highest BCUT2D eigenvalue weighted by Gasteiger charge is 2.13. The van der Waals surface area contributed by atoms with Crippen molar-refractivity contribution in [3.05, 3.63) is 60.6 Å². The average Bonchev–Trinajstić information content (AvgIpc) is 3.43. The molecule has 0 fully saturated rings. The smallest absolute Gasteiger partial charge is 0.267 e. The second kappa shape index (κ2) is 9.59. The van der Waals surface area contributed by atoms with E-state index in [1.165, 1.54) is 0 Å². The van der Waals surface area contributed by atoms with Crippen LogP contribution in [0.4, 0.5) is 5.82 Å². The van der Waals surface area contributed by atoms with Crippen molar-refractivity contribution in [1.82, 2.24) is 24.5 Å². The number of nitrogens with one attached hydrogen (secondary N) is 2. The zero-order valence-corrected chi connectivity index (χ0v) is 18.4. The number of rotatable bonds is 9. The first-order valence-corrected chi connectivity index (χ1v) is 10.9. The molecule has 0 atom stereocenters. The number of aryl methyl sites for hydroxylation is 1. The lowest BCUT2D eigenvalue weighted by Crippen LogP contribution is -2.27. The van der Waals surface area contributed by atoms with Crippen molar-refractivity contribution in [3.63, 3.8) is 0 Å². The molecule has 1 amide bonds. The molecular weight excluding hydrogens is 403 g/mol. The Morgan fingerprint density at radius 1 is 1.16 bits per heavy atom. The zero-order chi connectivity index (χ0) is 22.5. The first-order valence-electron chi connectivity index (χ1n) is 10.9. The molecule has 0 unspecified atom stereocenters. The number of anilines is 1. The van der Waals surface area contributed by atoms with E-state index < -0.39 is 0 Å². The van der Waals surface area contributed by atoms with Crippen LogP contribution in [0.1, 0.15) is 30.3 Å². The molecule has 0 saturated heterocycles. The van der Waals surface area contributed by atoms with Crippen LogP contribution in [0.2, 0.25) is 0 Å². The lowest BCUT2D eigenvalue weighted by Gasteiger charge is -2.12. The third-order valence-electron chi connectivity index (χ3n) is 5.43. The summed E-state index contributed by atoms with van der Waals surface area (Å²) in [6.45, 7) is 4.13. The van der Waals surface area contributed by atoms with Crippen LogP contribution >= 0.6 is 0 Å². The largest absolute Gasteiger partial charge is 0.507 e. The van der Waals surface area contributed by atoms with Gasteiger partial charge in [0.25, 0.3) is 5.91 Å². The minimum atomic E-state index is -0.0417. The molecule has 0 aliphatic rings. The summed E-state index contributed by atoms with van der Waals surface area (Å²) in [6, 6.07) is 12.8. The molecule has 8 nitrogen and oxygen atoms in total. The molecule has 164 valence electrons. The molecule has 0 spiro atoms.